The summed E-state index contributed by atoms with van der Waals surface area (Å²) in [5.41, 5.74) is 3.25. The molecule has 0 saturated carbocycles. The third-order valence-corrected chi connectivity index (χ3v) is 6.52. The summed E-state index contributed by atoms with van der Waals surface area (Å²) in [5, 5.41) is 5.73. The lowest BCUT2D eigenvalue weighted by Gasteiger charge is -2.09. The van der Waals surface area contributed by atoms with Crippen molar-refractivity contribution in [3.8, 4) is 0 Å². The molecular formula is C20H16N4O3S3. The second-order valence-corrected chi connectivity index (χ2v) is 8.81. The standard InChI is InChI=1S/C20H16N4O3S3/c1-12-21-13(10-28-12)11-29-17-8-3-2-5-14(17)20(26)27-9-18(25)22-15-6-4-7-16-19(15)24-30-23-16/h2-8,10H,9,11H2,1H3,(H,22,25). The molecule has 0 spiro atoms. The molecule has 2 heterocycles. The molecule has 4 aromatic rings. The van der Waals surface area contributed by atoms with Crippen molar-refractivity contribution in [2.45, 2.75) is 17.6 Å². The summed E-state index contributed by atoms with van der Waals surface area (Å²) in [6, 6.07) is 12.5. The van der Waals surface area contributed by atoms with Crippen LogP contribution >= 0.6 is 34.8 Å². The van der Waals surface area contributed by atoms with Gasteiger partial charge in [-0.1, -0.05) is 18.2 Å². The lowest BCUT2D eigenvalue weighted by atomic mass is 10.2. The topological polar surface area (TPSA) is 94.1 Å². The van der Waals surface area contributed by atoms with Gasteiger partial charge in [0.05, 0.1) is 33.7 Å². The minimum atomic E-state index is -0.545. The average Bonchev–Trinajstić information content (AvgIpc) is 3.40. The second kappa shape index (κ2) is 9.33. The van der Waals surface area contributed by atoms with E-state index in [-0.39, 0.29) is 0 Å². The van der Waals surface area contributed by atoms with Gasteiger partial charge in [0.15, 0.2) is 6.61 Å². The van der Waals surface area contributed by atoms with Crippen LogP contribution in [0, 0.1) is 6.92 Å². The fraction of sp³-hybridized carbons (Fsp3) is 0.150. The van der Waals surface area contributed by atoms with Crippen LogP contribution in [0.2, 0.25) is 0 Å². The number of rotatable bonds is 7. The van der Waals surface area contributed by atoms with Gasteiger partial charge in [-0.05, 0) is 31.2 Å². The van der Waals surface area contributed by atoms with E-state index in [1.54, 1.807) is 35.6 Å². The molecule has 0 aliphatic carbocycles. The highest BCUT2D eigenvalue weighted by Crippen LogP contribution is 2.27. The van der Waals surface area contributed by atoms with Gasteiger partial charge in [0.2, 0.25) is 0 Å². The Bertz CT molecular complexity index is 1200. The zero-order valence-corrected chi connectivity index (χ0v) is 18.3. The number of esters is 1. The number of carbonyl (C=O) groups excluding carboxylic acids is 2. The van der Waals surface area contributed by atoms with E-state index in [9.17, 15) is 9.59 Å². The molecular weight excluding hydrogens is 440 g/mol. The summed E-state index contributed by atoms with van der Waals surface area (Å²) in [6.45, 7) is 1.57. The molecule has 2 aromatic heterocycles. The number of benzene rings is 2. The minimum absolute atomic E-state index is 0.392. The maximum absolute atomic E-state index is 12.6. The smallest absolute Gasteiger partial charge is 0.339 e. The molecule has 0 unspecified atom stereocenters. The van der Waals surface area contributed by atoms with Gasteiger partial charge in [-0.2, -0.15) is 8.75 Å². The summed E-state index contributed by atoms with van der Waals surface area (Å²) < 4.78 is 13.6. The second-order valence-electron chi connectivity index (χ2n) is 6.20. The van der Waals surface area contributed by atoms with Crippen molar-refractivity contribution in [3.63, 3.8) is 0 Å². The van der Waals surface area contributed by atoms with Crippen molar-refractivity contribution in [1.29, 1.82) is 0 Å². The number of nitrogens with one attached hydrogen (secondary N) is 1. The van der Waals surface area contributed by atoms with Gasteiger partial charge < -0.3 is 10.1 Å². The number of aryl methyl sites for hydroxylation is 1. The molecule has 0 radical (unpaired) electrons. The van der Waals surface area contributed by atoms with Crippen molar-refractivity contribution in [2.24, 2.45) is 0 Å². The number of carbonyl (C=O) groups is 2. The van der Waals surface area contributed by atoms with E-state index in [1.165, 1.54) is 11.8 Å². The predicted octanol–water partition coefficient (Wildman–Crippen LogP) is 4.54. The summed E-state index contributed by atoms with van der Waals surface area (Å²) in [4.78, 5) is 30.0. The Balaban J connectivity index is 1.37. The Hall–Kier alpha value is -2.82. The van der Waals surface area contributed by atoms with Crippen LogP contribution in [0.15, 0.2) is 52.7 Å². The molecule has 0 aliphatic rings. The van der Waals surface area contributed by atoms with Crippen LogP contribution in [0.25, 0.3) is 11.0 Å². The van der Waals surface area contributed by atoms with Gasteiger partial charge in [0.25, 0.3) is 5.91 Å². The predicted molar refractivity (Wildman–Crippen MR) is 119 cm³/mol. The van der Waals surface area contributed by atoms with Crippen LogP contribution in [0.3, 0.4) is 0 Å². The van der Waals surface area contributed by atoms with E-state index in [0.717, 1.165) is 27.3 Å². The molecule has 0 aliphatic heterocycles. The van der Waals surface area contributed by atoms with Gasteiger partial charge in [0.1, 0.15) is 11.0 Å². The first-order chi connectivity index (χ1) is 14.6. The minimum Gasteiger partial charge on any atom is -0.452 e. The first-order valence-electron chi connectivity index (χ1n) is 8.91. The van der Waals surface area contributed by atoms with Gasteiger partial charge in [-0.3, -0.25) is 4.79 Å². The van der Waals surface area contributed by atoms with Gasteiger partial charge in [-0.25, -0.2) is 9.78 Å². The highest BCUT2D eigenvalue weighted by atomic mass is 32.2. The van der Waals surface area contributed by atoms with E-state index < -0.39 is 18.5 Å². The van der Waals surface area contributed by atoms with Crippen molar-refractivity contribution >= 4 is 63.4 Å². The normalized spacial score (nSPS) is 10.8. The Morgan fingerprint density at radius 3 is 2.83 bits per heavy atom. The molecule has 1 amide bonds. The van der Waals surface area contributed by atoms with Crippen molar-refractivity contribution in [2.75, 3.05) is 11.9 Å². The molecule has 10 heteroatoms. The number of hydrogen-bond donors (Lipinski definition) is 1. The maximum atomic E-state index is 12.6. The van der Waals surface area contributed by atoms with Crippen molar-refractivity contribution in [1.82, 2.24) is 13.7 Å². The van der Waals surface area contributed by atoms with E-state index >= 15 is 0 Å². The number of hydrogen-bond acceptors (Lipinski definition) is 9. The van der Waals surface area contributed by atoms with Crippen LogP contribution in [0.5, 0.6) is 0 Å². The van der Waals surface area contributed by atoms with Crippen molar-refractivity contribution < 1.29 is 14.3 Å². The highest BCUT2D eigenvalue weighted by Gasteiger charge is 2.16. The van der Waals surface area contributed by atoms with Crippen molar-refractivity contribution in [3.05, 3.63) is 64.1 Å². The fourth-order valence-corrected chi connectivity index (χ4v) is 4.89. The maximum Gasteiger partial charge on any atom is 0.339 e. The lowest BCUT2D eigenvalue weighted by molar-refractivity contribution is -0.119. The molecule has 0 atom stereocenters. The fourth-order valence-electron chi connectivity index (χ4n) is 2.69. The quantitative estimate of drug-likeness (QED) is 0.322. The first kappa shape index (κ1) is 20.5. The number of aromatic nitrogens is 3. The largest absolute Gasteiger partial charge is 0.452 e. The number of thioether (sulfide) groups is 1. The van der Waals surface area contributed by atoms with Crippen LogP contribution in [-0.4, -0.2) is 32.2 Å². The summed E-state index contributed by atoms with van der Waals surface area (Å²) >= 11 is 4.18. The molecule has 0 bridgehead atoms. The van der Waals surface area contributed by atoms with E-state index in [0.29, 0.717) is 28.0 Å². The molecule has 0 fully saturated rings. The van der Waals surface area contributed by atoms with Gasteiger partial charge in [-0.15, -0.1) is 23.1 Å². The lowest BCUT2D eigenvalue weighted by Crippen LogP contribution is -2.21. The molecule has 30 heavy (non-hydrogen) atoms. The van der Waals surface area contributed by atoms with Gasteiger partial charge >= 0.3 is 5.97 Å². The monoisotopic (exact) mass is 456 g/mol. The van der Waals surface area contributed by atoms with Crippen LogP contribution in [0.4, 0.5) is 5.69 Å². The number of fused-ring (bicyclic) bond motifs is 1. The van der Waals surface area contributed by atoms with E-state index in [4.69, 9.17) is 4.74 Å². The number of thiazole rings is 1. The number of nitrogens with zero attached hydrogens (tertiary/aromatic N) is 3. The Kier molecular flexibility index (Phi) is 6.36. The summed E-state index contributed by atoms with van der Waals surface area (Å²) in [7, 11) is 0. The van der Waals surface area contributed by atoms with Crippen LogP contribution in [0.1, 0.15) is 21.1 Å². The zero-order valence-electron chi connectivity index (χ0n) is 15.8. The van der Waals surface area contributed by atoms with Gasteiger partial charge in [0, 0.05) is 16.0 Å². The average molecular weight is 457 g/mol. The Morgan fingerprint density at radius 2 is 2.00 bits per heavy atom. The SMILES string of the molecule is Cc1nc(CSc2ccccc2C(=O)OCC(=O)Nc2cccc3nsnc23)cs1. The first-order valence-corrected chi connectivity index (χ1v) is 11.5. The Morgan fingerprint density at radius 1 is 1.13 bits per heavy atom. The van der Waals surface area contributed by atoms with Crippen LogP contribution < -0.4 is 5.32 Å². The summed E-state index contributed by atoms with van der Waals surface area (Å²) in [5.74, 6) is -0.330. The third kappa shape index (κ3) is 4.84. The Labute approximate surface area is 184 Å². The highest BCUT2D eigenvalue weighted by molar-refractivity contribution is 7.98. The zero-order chi connectivity index (χ0) is 20.9. The number of anilines is 1. The molecule has 152 valence electrons. The molecule has 2 aromatic carbocycles. The molecule has 0 saturated heterocycles. The number of ether oxygens (including phenoxy) is 1. The molecule has 1 N–H and O–H groups in total. The summed E-state index contributed by atoms with van der Waals surface area (Å²) in [6.07, 6.45) is 0. The molecule has 7 nitrogen and oxygen atoms in total. The third-order valence-electron chi connectivity index (χ3n) is 4.04. The van der Waals surface area contributed by atoms with E-state index in [1.807, 2.05) is 30.5 Å². The van der Waals surface area contributed by atoms with Crippen LogP contribution in [-0.2, 0) is 15.3 Å². The number of amides is 1. The molecule has 4 rings (SSSR count). The van der Waals surface area contributed by atoms with E-state index in [2.05, 4.69) is 19.0 Å².